The zero-order valence-electron chi connectivity index (χ0n) is 79.5. The van der Waals surface area contributed by atoms with E-state index in [1.807, 2.05) is 75.8 Å². The molecule has 0 bridgehead atoms. The smallest absolute Gasteiger partial charge is 0.248 e. The fourth-order valence-electron chi connectivity index (χ4n) is 18.8. The van der Waals surface area contributed by atoms with Gasteiger partial charge in [0.15, 0.2) is 8.07 Å². The molecule has 0 atom stereocenters. The van der Waals surface area contributed by atoms with Crippen LogP contribution in [-0.4, -0.2) is 39.9 Å². The van der Waals surface area contributed by atoms with Crippen LogP contribution in [0.1, 0.15) is 117 Å². The highest BCUT2D eigenvalue weighted by atomic mass is 28.3. The molecule has 0 amide bonds. The Morgan fingerprint density at radius 1 is 0.192 bits per heavy atom. The topological polar surface area (TPSA) is 77.6 Å². The summed E-state index contributed by atoms with van der Waals surface area (Å²) in [6, 6.07) is 115. The number of aromatic nitrogens is 5. The zero-order valence-corrected chi connectivity index (χ0v) is 80.5. The minimum Gasteiger partial charge on any atom is -0.416 e. The Labute approximate surface area is 773 Å². The van der Waals surface area contributed by atoms with Gasteiger partial charge in [0.2, 0.25) is 18.5 Å². The predicted octanol–water partition coefficient (Wildman–Crippen LogP) is 26.7. The number of hydrogen-bond donors (Lipinski definition) is 0. The summed E-state index contributed by atoms with van der Waals surface area (Å²) in [6.07, 6.45) is 6.11. The number of aryl methyl sites for hydroxylation is 18. The van der Waals surface area contributed by atoms with E-state index < -0.39 is 8.07 Å². The molecular weight excluding hydrogens is 1590 g/mol. The van der Waals surface area contributed by atoms with E-state index in [1.54, 1.807) is 0 Å². The molecule has 18 rings (SSSR count). The summed E-state index contributed by atoms with van der Waals surface area (Å²) in [4.78, 5) is 14.2. The second-order valence-corrected chi connectivity index (χ2v) is 39.9. The molecular formula is C122H118BN5OSi. The van der Waals surface area contributed by atoms with Crippen molar-refractivity contribution in [3.8, 4) is 101 Å². The Kier molecular flexibility index (Phi) is 27.7. The minimum atomic E-state index is -2.39. The van der Waals surface area contributed by atoms with Crippen LogP contribution in [-0.2, 0) is 0 Å². The first kappa shape index (κ1) is 90.7. The fraction of sp³-hybridized carbons (Fsp3) is 0.172. The number of nitrogens with zero attached hydrogens (tertiary/aromatic N) is 5. The predicted molar refractivity (Wildman–Crippen MR) is 557 cm³/mol. The Hall–Kier alpha value is -14.0. The van der Waals surface area contributed by atoms with E-state index in [9.17, 15) is 0 Å². The summed E-state index contributed by atoms with van der Waals surface area (Å²) >= 11 is 0. The van der Waals surface area contributed by atoms with E-state index in [2.05, 4.69) is 414 Å². The van der Waals surface area contributed by atoms with Gasteiger partial charge in [0.25, 0.3) is 0 Å². The van der Waals surface area contributed by atoms with Gasteiger partial charge in [-0.2, -0.15) is 0 Å². The van der Waals surface area contributed by atoms with E-state index in [0.29, 0.717) is 11.8 Å². The van der Waals surface area contributed by atoms with Crippen molar-refractivity contribution in [2.75, 3.05) is 0 Å². The first-order chi connectivity index (χ1) is 62.5. The second-order valence-electron chi connectivity index (χ2n) is 36.1. The van der Waals surface area contributed by atoms with E-state index >= 15 is 0 Å². The lowest BCUT2D eigenvalue weighted by molar-refractivity contribution is 0.584. The summed E-state index contributed by atoms with van der Waals surface area (Å²) in [5, 5.41) is 14.1. The van der Waals surface area contributed by atoms with Crippen molar-refractivity contribution in [3.63, 3.8) is 0 Å². The number of benzene rings is 14. The van der Waals surface area contributed by atoms with Gasteiger partial charge in [0, 0.05) is 63.5 Å². The molecule has 0 aliphatic heterocycles. The monoisotopic (exact) mass is 1710 g/mol. The molecule has 4 heterocycles. The van der Waals surface area contributed by atoms with Crippen LogP contribution in [0.3, 0.4) is 0 Å². The number of hydrogen-bond acceptors (Lipinski definition) is 6. The van der Waals surface area contributed by atoms with Crippen LogP contribution < -0.4 is 37.1 Å². The second kappa shape index (κ2) is 39.7. The Balaban J connectivity index is 0.000000139. The molecule has 130 heavy (non-hydrogen) atoms. The quantitative estimate of drug-likeness (QED) is 0.0709. The highest BCUT2D eigenvalue weighted by Gasteiger charge is 2.42. The lowest BCUT2D eigenvalue weighted by atomic mass is 9.32. The van der Waals surface area contributed by atoms with Gasteiger partial charge in [-0.05, 0) is 321 Å². The van der Waals surface area contributed by atoms with Crippen molar-refractivity contribution in [2.24, 2.45) is 0 Å². The van der Waals surface area contributed by atoms with Crippen molar-refractivity contribution < 1.29 is 4.42 Å². The van der Waals surface area contributed by atoms with Crippen molar-refractivity contribution in [1.82, 2.24) is 25.1 Å². The average molecular weight is 1710 g/mol. The van der Waals surface area contributed by atoms with E-state index in [1.165, 1.54) is 198 Å². The normalized spacial score (nSPS) is 11.1. The maximum Gasteiger partial charge on any atom is 0.248 e. The third-order valence-corrected chi connectivity index (χ3v) is 30.6. The maximum atomic E-state index is 5.83. The third kappa shape index (κ3) is 20.1. The molecule has 0 fully saturated rings. The largest absolute Gasteiger partial charge is 0.416 e. The van der Waals surface area contributed by atoms with Crippen LogP contribution in [0.15, 0.2) is 338 Å². The molecule has 644 valence electrons. The molecule has 0 N–H and O–H groups in total. The molecule has 0 radical (unpaired) electrons. The van der Waals surface area contributed by atoms with Crippen LogP contribution in [0, 0.1) is 145 Å². The molecule has 0 saturated carbocycles. The first-order valence-corrected chi connectivity index (χ1v) is 47.4. The SMILES string of the molecule is Cc1ccc(-c2c(C)cc(C)c(B(c3c(C)cc(C)c(-c4ccc(C)nc4)c3C)c3c(C)cc(C)c(-c4ccc(C)nc4)c3C)c2C)cn1.Cc1ccc(-c2cc(-c3ccc(C)cc3)cc(-c3ccc(C)cc3)c2)cc1.Cc1ccc(-c2ccc(-c3nnc(-c4ccc(C)cc4)o3)cc2)cc1.Cc1ccc([Si](c2ccc(C)cc2)(c2ccc(C)cc2)c2ccc(C)cc2)cc1. The van der Waals surface area contributed by atoms with E-state index in [0.717, 1.165) is 44.9 Å². The standard InChI is InChI=1S/C45H48BN3.C28H28Si.C27H24.C22H18N2O/c1-25-19-28(4)43(34(10)40(25)37-16-13-31(7)47-22-37)46(44-29(5)20-26(2)41(35(44)11)38-17-14-32(8)48-23-38)45-30(6)21-27(3)42(36(45)12)39-18-15-33(9)49-24-39;1-21-5-13-25(14-6-21)29(26-15-7-22(2)8-16-26,27-17-9-23(3)10-18-27)28-19-11-24(4)12-20-28;1-19-4-10-22(11-5-19)25-16-26(23-12-6-20(2)7-13-23)18-27(17-25)24-14-8-21(3)9-15-24;1-15-3-7-17(8-4-15)18-11-13-20(14-12-18)22-24-23-21(25-22)19-9-5-16(2)6-10-19/h13-24H,1-12H3;5-20H,1-4H3;4-18H,1-3H3;3-14H,1-2H3. The third-order valence-electron chi connectivity index (χ3n) is 25.8. The fourth-order valence-corrected chi connectivity index (χ4v) is 23.5. The van der Waals surface area contributed by atoms with Gasteiger partial charge in [-0.15, -0.1) is 10.2 Å². The van der Waals surface area contributed by atoms with Crippen LogP contribution >= 0.6 is 0 Å². The minimum absolute atomic E-state index is 0.00623. The molecule has 14 aromatic carbocycles. The van der Waals surface area contributed by atoms with Crippen LogP contribution in [0.2, 0.25) is 0 Å². The van der Waals surface area contributed by atoms with Gasteiger partial charge in [0.1, 0.15) is 0 Å². The summed E-state index contributed by atoms with van der Waals surface area (Å²) in [6.45, 7) is 45.9. The lowest BCUT2D eigenvalue weighted by Crippen LogP contribution is -2.74. The molecule has 6 nitrogen and oxygen atoms in total. The van der Waals surface area contributed by atoms with Crippen LogP contribution in [0.25, 0.3) is 101 Å². The van der Waals surface area contributed by atoms with Gasteiger partial charge in [-0.3, -0.25) is 15.0 Å². The Morgan fingerprint density at radius 3 is 0.608 bits per heavy atom. The molecule has 0 unspecified atom stereocenters. The maximum absolute atomic E-state index is 5.83. The first-order valence-electron chi connectivity index (χ1n) is 45.4. The van der Waals surface area contributed by atoms with Crippen molar-refractivity contribution in [2.45, 2.75) is 145 Å². The van der Waals surface area contributed by atoms with Crippen LogP contribution in [0.5, 0.6) is 0 Å². The number of rotatable bonds is 16. The molecule has 8 heteroatoms. The van der Waals surface area contributed by atoms with E-state index in [-0.39, 0.29) is 6.71 Å². The van der Waals surface area contributed by atoms with Gasteiger partial charge >= 0.3 is 0 Å². The zero-order chi connectivity index (χ0) is 91.8. The summed E-state index contributed by atoms with van der Waals surface area (Å²) in [7, 11) is -2.39. The highest BCUT2D eigenvalue weighted by Crippen LogP contribution is 2.37. The Morgan fingerprint density at radius 2 is 0.385 bits per heavy atom. The Bertz CT molecular complexity index is 6410. The van der Waals surface area contributed by atoms with E-state index in [4.69, 9.17) is 19.4 Å². The summed E-state index contributed by atoms with van der Waals surface area (Å²) < 4.78 is 5.83. The van der Waals surface area contributed by atoms with Gasteiger partial charge in [-0.1, -0.05) is 338 Å². The summed E-state index contributed by atoms with van der Waals surface area (Å²) in [5.41, 5.74) is 49.4. The van der Waals surface area contributed by atoms with Crippen molar-refractivity contribution >= 4 is 51.9 Å². The average Bonchev–Trinajstić information content (AvgIpc) is 0.852. The molecule has 0 saturated heterocycles. The van der Waals surface area contributed by atoms with Crippen molar-refractivity contribution in [1.29, 1.82) is 0 Å². The molecule has 0 aliphatic carbocycles. The molecule has 18 aromatic rings. The van der Waals surface area contributed by atoms with Crippen molar-refractivity contribution in [3.05, 3.63) is 451 Å². The highest BCUT2D eigenvalue weighted by molar-refractivity contribution is 7.20. The summed E-state index contributed by atoms with van der Waals surface area (Å²) in [5.74, 6) is 1.07. The van der Waals surface area contributed by atoms with Gasteiger partial charge in [-0.25, -0.2) is 0 Å². The van der Waals surface area contributed by atoms with Gasteiger partial charge in [0.05, 0.1) is 0 Å². The lowest BCUT2D eigenvalue weighted by Gasteiger charge is -2.34. The van der Waals surface area contributed by atoms with Crippen LogP contribution in [0.4, 0.5) is 0 Å². The van der Waals surface area contributed by atoms with Gasteiger partial charge < -0.3 is 4.42 Å². The molecule has 0 spiro atoms. The molecule has 4 aromatic heterocycles. The molecule has 0 aliphatic rings. The number of pyridine rings is 3.